The van der Waals surface area contributed by atoms with Crippen molar-refractivity contribution in [3.8, 4) is 0 Å². The molecule has 0 saturated carbocycles. The van der Waals surface area contributed by atoms with Crippen LogP contribution in [0, 0.1) is 11.8 Å². The van der Waals surface area contributed by atoms with E-state index in [-0.39, 0.29) is 5.91 Å². The van der Waals surface area contributed by atoms with Crippen molar-refractivity contribution in [2.75, 3.05) is 39.0 Å². The zero-order valence-corrected chi connectivity index (χ0v) is 16.3. The van der Waals surface area contributed by atoms with E-state index in [1.807, 2.05) is 6.07 Å². The van der Waals surface area contributed by atoms with Gasteiger partial charge >= 0.3 is 0 Å². The van der Waals surface area contributed by atoms with Crippen molar-refractivity contribution in [2.24, 2.45) is 11.8 Å². The number of benzene rings is 1. The SMILES string of the molecule is CC(CC(=O)Nc1ccc2ccn(CCN(C)C)c2c1)C1CCCNC1. The average molecular weight is 357 g/mol. The van der Waals surface area contributed by atoms with Crippen molar-refractivity contribution < 1.29 is 4.79 Å². The van der Waals surface area contributed by atoms with E-state index in [2.05, 4.69) is 65.5 Å². The summed E-state index contributed by atoms with van der Waals surface area (Å²) in [5, 5.41) is 7.76. The second-order valence-corrected chi connectivity index (χ2v) is 7.92. The van der Waals surface area contributed by atoms with Crippen LogP contribution in [0.5, 0.6) is 0 Å². The molecule has 0 aliphatic carbocycles. The number of fused-ring (bicyclic) bond motifs is 1. The maximum atomic E-state index is 12.5. The second-order valence-electron chi connectivity index (χ2n) is 7.92. The van der Waals surface area contributed by atoms with Gasteiger partial charge in [-0.2, -0.15) is 0 Å². The molecular formula is C21H32N4O. The fraction of sp³-hybridized carbons (Fsp3) is 0.571. The van der Waals surface area contributed by atoms with Crippen LogP contribution < -0.4 is 10.6 Å². The lowest BCUT2D eigenvalue weighted by atomic mass is 9.85. The molecule has 2 N–H and O–H groups in total. The van der Waals surface area contributed by atoms with Gasteiger partial charge in [-0.25, -0.2) is 0 Å². The monoisotopic (exact) mass is 356 g/mol. The Morgan fingerprint density at radius 3 is 2.96 bits per heavy atom. The zero-order chi connectivity index (χ0) is 18.5. The molecule has 2 unspecified atom stereocenters. The van der Waals surface area contributed by atoms with Crippen molar-refractivity contribution in [1.29, 1.82) is 0 Å². The highest BCUT2D eigenvalue weighted by Crippen LogP contribution is 2.24. The Bertz CT molecular complexity index is 731. The third kappa shape index (κ3) is 4.86. The average Bonchev–Trinajstić information content (AvgIpc) is 3.03. The maximum absolute atomic E-state index is 12.5. The summed E-state index contributed by atoms with van der Waals surface area (Å²) in [6.45, 7) is 6.29. The predicted molar refractivity (Wildman–Crippen MR) is 108 cm³/mol. The van der Waals surface area contributed by atoms with Crippen molar-refractivity contribution >= 4 is 22.5 Å². The minimum absolute atomic E-state index is 0.119. The maximum Gasteiger partial charge on any atom is 0.224 e. The molecule has 1 aromatic heterocycles. The first-order valence-corrected chi connectivity index (χ1v) is 9.77. The van der Waals surface area contributed by atoms with Crippen LogP contribution in [0.25, 0.3) is 10.9 Å². The Morgan fingerprint density at radius 1 is 1.38 bits per heavy atom. The minimum atomic E-state index is 0.119. The molecule has 1 aliphatic rings. The molecule has 2 aromatic rings. The molecule has 1 fully saturated rings. The van der Waals surface area contributed by atoms with Crippen LogP contribution in [0.3, 0.4) is 0 Å². The summed E-state index contributed by atoms with van der Waals surface area (Å²) in [5.74, 6) is 1.14. The first kappa shape index (κ1) is 18.9. The number of nitrogens with one attached hydrogen (secondary N) is 2. The molecule has 2 atom stereocenters. The molecule has 142 valence electrons. The van der Waals surface area contributed by atoms with Gasteiger partial charge in [-0.15, -0.1) is 0 Å². The number of hydrogen-bond acceptors (Lipinski definition) is 3. The number of anilines is 1. The molecule has 0 radical (unpaired) electrons. The van der Waals surface area contributed by atoms with E-state index >= 15 is 0 Å². The molecule has 5 nitrogen and oxygen atoms in total. The van der Waals surface area contributed by atoms with E-state index < -0.39 is 0 Å². The van der Waals surface area contributed by atoms with Crippen LogP contribution in [0.1, 0.15) is 26.2 Å². The quantitative estimate of drug-likeness (QED) is 0.801. The summed E-state index contributed by atoms with van der Waals surface area (Å²) in [6, 6.07) is 8.32. The fourth-order valence-corrected chi connectivity index (χ4v) is 3.80. The third-order valence-corrected chi connectivity index (χ3v) is 5.49. The van der Waals surface area contributed by atoms with E-state index in [0.29, 0.717) is 18.3 Å². The number of aromatic nitrogens is 1. The lowest BCUT2D eigenvalue weighted by molar-refractivity contribution is -0.117. The lowest BCUT2D eigenvalue weighted by Crippen LogP contribution is -2.34. The predicted octanol–water partition coefficient (Wildman–Crippen LogP) is 3.17. The van der Waals surface area contributed by atoms with Crippen LogP contribution in [0.4, 0.5) is 5.69 Å². The van der Waals surface area contributed by atoms with Gasteiger partial charge in [0, 0.05) is 31.4 Å². The van der Waals surface area contributed by atoms with Gasteiger partial charge < -0.3 is 20.1 Å². The molecule has 1 amide bonds. The van der Waals surface area contributed by atoms with Crippen molar-refractivity contribution in [1.82, 2.24) is 14.8 Å². The van der Waals surface area contributed by atoms with E-state index in [1.165, 1.54) is 23.7 Å². The van der Waals surface area contributed by atoms with Crippen molar-refractivity contribution in [2.45, 2.75) is 32.7 Å². The molecule has 0 bridgehead atoms. The van der Waals surface area contributed by atoms with Gasteiger partial charge in [0.2, 0.25) is 5.91 Å². The zero-order valence-electron chi connectivity index (χ0n) is 16.3. The van der Waals surface area contributed by atoms with Gasteiger partial charge in [0.15, 0.2) is 0 Å². The number of hydrogen-bond donors (Lipinski definition) is 2. The number of carbonyl (C=O) groups is 1. The standard InChI is InChI=1S/C21H32N4O/c1-16(18-5-4-9-22-15-18)13-21(26)23-19-7-6-17-8-10-25(20(17)14-19)12-11-24(2)3/h6-8,10,14,16,18,22H,4-5,9,11-13,15H2,1-3H3,(H,23,26). The molecule has 3 rings (SSSR count). The van der Waals surface area contributed by atoms with E-state index in [0.717, 1.165) is 31.9 Å². The first-order valence-electron chi connectivity index (χ1n) is 9.77. The summed E-state index contributed by atoms with van der Waals surface area (Å²) in [5.41, 5.74) is 2.07. The Morgan fingerprint density at radius 2 is 2.23 bits per heavy atom. The van der Waals surface area contributed by atoms with Gasteiger partial charge in [-0.3, -0.25) is 4.79 Å². The summed E-state index contributed by atoms with van der Waals surface area (Å²) < 4.78 is 2.25. The van der Waals surface area contributed by atoms with E-state index in [4.69, 9.17) is 0 Å². The highest BCUT2D eigenvalue weighted by Gasteiger charge is 2.22. The molecule has 1 aliphatic heterocycles. The van der Waals surface area contributed by atoms with Gasteiger partial charge in [-0.05, 0) is 75.4 Å². The van der Waals surface area contributed by atoms with E-state index in [1.54, 1.807) is 0 Å². The van der Waals surface area contributed by atoms with Crippen LogP contribution in [-0.2, 0) is 11.3 Å². The Hall–Kier alpha value is -1.85. The molecule has 2 heterocycles. The van der Waals surface area contributed by atoms with E-state index in [9.17, 15) is 4.79 Å². The fourth-order valence-electron chi connectivity index (χ4n) is 3.80. The summed E-state index contributed by atoms with van der Waals surface area (Å²) in [4.78, 5) is 14.7. The minimum Gasteiger partial charge on any atom is -0.346 e. The van der Waals surface area contributed by atoms with Crippen LogP contribution in [0.2, 0.25) is 0 Å². The van der Waals surface area contributed by atoms with Gasteiger partial charge in [0.05, 0.1) is 5.52 Å². The molecule has 1 saturated heterocycles. The van der Waals surface area contributed by atoms with Crippen LogP contribution in [-0.4, -0.2) is 49.1 Å². The van der Waals surface area contributed by atoms with Gasteiger partial charge in [0.1, 0.15) is 0 Å². The molecule has 26 heavy (non-hydrogen) atoms. The largest absolute Gasteiger partial charge is 0.346 e. The van der Waals surface area contributed by atoms with Crippen LogP contribution >= 0.6 is 0 Å². The molecule has 0 spiro atoms. The third-order valence-electron chi connectivity index (χ3n) is 5.49. The van der Waals surface area contributed by atoms with Crippen LogP contribution in [0.15, 0.2) is 30.5 Å². The molecule has 1 aromatic carbocycles. The van der Waals surface area contributed by atoms with Crippen molar-refractivity contribution in [3.05, 3.63) is 30.5 Å². The highest BCUT2D eigenvalue weighted by molar-refractivity contribution is 5.93. The highest BCUT2D eigenvalue weighted by atomic mass is 16.1. The first-order chi connectivity index (χ1) is 12.5. The van der Waals surface area contributed by atoms with Crippen molar-refractivity contribution in [3.63, 3.8) is 0 Å². The topological polar surface area (TPSA) is 49.3 Å². The Labute approximate surface area is 156 Å². The Balaban J connectivity index is 1.62. The Kier molecular flexibility index (Phi) is 6.33. The van der Waals surface area contributed by atoms with Gasteiger partial charge in [0.25, 0.3) is 0 Å². The molecular weight excluding hydrogens is 324 g/mol. The number of nitrogens with zero attached hydrogens (tertiary/aromatic N) is 2. The lowest BCUT2D eigenvalue weighted by Gasteiger charge is -2.28. The second kappa shape index (κ2) is 8.69. The summed E-state index contributed by atoms with van der Waals surface area (Å²) in [7, 11) is 4.17. The number of rotatable bonds is 7. The number of piperidine rings is 1. The summed E-state index contributed by atoms with van der Waals surface area (Å²) in [6.07, 6.45) is 5.16. The number of carbonyl (C=O) groups excluding carboxylic acids is 1. The smallest absolute Gasteiger partial charge is 0.224 e. The molecule has 5 heteroatoms. The normalized spacial score (nSPS) is 19.0. The summed E-state index contributed by atoms with van der Waals surface area (Å²) >= 11 is 0. The number of amides is 1. The van der Waals surface area contributed by atoms with Gasteiger partial charge in [-0.1, -0.05) is 13.0 Å². The number of likely N-dealkylation sites (N-methyl/N-ethyl adjacent to an activating group) is 1.